The average molecular weight is 387 g/mol. The van der Waals surface area contributed by atoms with Crippen LogP contribution in [-0.2, 0) is 6.42 Å². The van der Waals surface area contributed by atoms with Crippen LogP contribution >= 0.6 is 0 Å². The first-order valence-electron chi connectivity index (χ1n) is 9.45. The Balaban J connectivity index is 1.77. The Hall–Kier alpha value is -3.58. The Morgan fingerprint density at radius 1 is 0.931 bits per heavy atom. The molecule has 0 spiro atoms. The summed E-state index contributed by atoms with van der Waals surface area (Å²) in [5.41, 5.74) is 7.88. The van der Waals surface area contributed by atoms with Crippen LogP contribution in [0.25, 0.3) is 22.4 Å². The Kier molecular flexibility index (Phi) is 5.58. The van der Waals surface area contributed by atoms with Gasteiger partial charge in [0, 0.05) is 36.2 Å². The standard InChI is InChI=1S/C22H21N5O2/c1-2-15-4-7-20(21(27-15)22-25-10-3-11-26-22)29-19-8-12-24-18-6-5-16(14-17(18)19)28-13-9-23/h3-8,10-12,14H,2,9,13,23H2,1H3. The van der Waals surface area contributed by atoms with Crippen molar-refractivity contribution in [2.75, 3.05) is 13.2 Å². The molecule has 7 heteroatoms. The molecule has 0 amide bonds. The van der Waals surface area contributed by atoms with Gasteiger partial charge in [-0.25, -0.2) is 15.0 Å². The van der Waals surface area contributed by atoms with E-state index in [1.807, 2.05) is 36.4 Å². The predicted octanol–water partition coefficient (Wildman–Crippen LogP) is 3.78. The highest BCUT2D eigenvalue weighted by atomic mass is 16.5. The van der Waals surface area contributed by atoms with E-state index in [-0.39, 0.29) is 0 Å². The minimum absolute atomic E-state index is 0.444. The smallest absolute Gasteiger partial charge is 0.181 e. The summed E-state index contributed by atoms with van der Waals surface area (Å²) in [6, 6.07) is 13.1. The van der Waals surface area contributed by atoms with Gasteiger partial charge in [-0.3, -0.25) is 4.98 Å². The first-order valence-corrected chi connectivity index (χ1v) is 9.45. The van der Waals surface area contributed by atoms with Crippen molar-refractivity contribution in [3.05, 3.63) is 66.7 Å². The lowest BCUT2D eigenvalue weighted by atomic mass is 10.2. The van der Waals surface area contributed by atoms with E-state index in [1.165, 1.54) is 0 Å². The van der Waals surface area contributed by atoms with Gasteiger partial charge in [-0.2, -0.15) is 0 Å². The van der Waals surface area contributed by atoms with Crippen molar-refractivity contribution in [3.8, 4) is 28.8 Å². The maximum absolute atomic E-state index is 6.27. The fourth-order valence-corrected chi connectivity index (χ4v) is 2.92. The Morgan fingerprint density at radius 2 is 1.79 bits per heavy atom. The molecule has 0 atom stereocenters. The highest BCUT2D eigenvalue weighted by molar-refractivity contribution is 5.86. The third-order valence-electron chi connectivity index (χ3n) is 4.34. The van der Waals surface area contributed by atoms with Crippen molar-refractivity contribution < 1.29 is 9.47 Å². The second kappa shape index (κ2) is 8.62. The molecule has 2 N–H and O–H groups in total. The Bertz CT molecular complexity index is 1120. The SMILES string of the molecule is CCc1ccc(Oc2ccnc3ccc(OCCN)cc23)c(-c2ncccn2)n1. The van der Waals surface area contributed by atoms with Crippen LogP contribution in [0.1, 0.15) is 12.6 Å². The molecule has 0 aliphatic rings. The van der Waals surface area contributed by atoms with Gasteiger partial charge in [0.15, 0.2) is 17.3 Å². The van der Waals surface area contributed by atoms with Gasteiger partial charge < -0.3 is 15.2 Å². The van der Waals surface area contributed by atoms with Gasteiger partial charge in [-0.1, -0.05) is 6.92 Å². The van der Waals surface area contributed by atoms with Gasteiger partial charge in [0.05, 0.1) is 5.52 Å². The van der Waals surface area contributed by atoms with Gasteiger partial charge in [-0.05, 0) is 48.9 Å². The second-order valence-electron chi connectivity index (χ2n) is 6.30. The molecule has 146 valence electrons. The lowest BCUT2D eigenvalue weighted by molar-refractivity contribution is 0.328. The molecule has 7 nitrogen and oxygen atoms in total. The number of fused-ring (bicyclic) bond motifs is 1. The molecule has 3 heterocycles. The van der Waals surface area contributed by atoms with E-state index in [0.29, 0.717) is 41.9 Å². The van der Waals surface area contributed by atoms with Gasteiger partial charge in [0.2, 0.25) is 0 Å². The summed E-state index contributed by atoms with van der Waals surface area (Å²) < 4.78 is 11.9. The summed E-state index contributed by atoms with van der Waals surface area (Å²) in [4.78, 5) is 17.8. The molecule has 0 radical (unpaired) electrons. The maximum atomic E-state index is 6.27. The van der Waals surface area contributed by atoms with E-state index in [0.717, 1.165) is 23.0 Å². The fraction of sp³-hybridized carbons (Fsp3) is 0.182. The van der Waals surface area contributed by atoms with Crippen molar-refractivity contribution >= 4 is 10.9 Å². The summed E-state index contributed by atoms with van der Waals surface area (Å²) >= 11 is 0. The van der Waals surface area contributed by atoms with E-state index in [1.54, 1.807) is 24.7 Å². The molecular formula is C22H21N5O2. The zero-order chi connectivity index (χ0) is 20.1. The normalized spacial score (nSPS) is 10.8. The summed E-state index contributed by atoms with van der Waals surface area (Å²) in [6.07, 6.45) is 5.90. The number of hydrogen-bond donors (Lipinski definition) is 1. The minimum Gasteiger partial charge on any atom is -0.492 e. The summed E-state index contributed by atoms with van der Waals surface area (Å²) in [7, 11) is 0. The second-order valence-corrected chi connectivity index (χ2v) is 6.30. The monoisotopic (exact) mass is 387 g/mol. The average Bonchev–Trinajstić information content (AvgIpc) is 2.78. The highest BCUT2D eigenvalue weighted by Crippen LogP contribution is 2.35. The number of benzene rings is 1. The maximum Gasteiger partial charge on any atom is 0.181 e. The molecule has 4 aromatic rings. The van der Waals surface area contributed by atoms with Crippen LogP contribution in [0.4, 0.5) is 0 Å². The zero-order valence-corrected chi connectivity index (χ0v) is 16.1. The Morgan fingerprint density at radius 3 is 2.59 bits per heavy atom. The van der Waals surface area contributed by atoms with E-state index in [4.69, 9.17) is 20.2 Å². The van der Waals surface area contributed by atoms with E-state index in [9.17, 15) is 0 Å². The van der Waals surface area contributed by atoms with Crippen LogP contribution in [0.3, 0.4) is 0 Å². The number of pyridine rings is 2. The van der Waals surface area contributed by atoms with Crippen LogP contribution in [0.15, 0.2) is 61.1 Å². The molecule has 0 unspecified atom stereocenters. The van der Waals surface area contributed by atoms with E-state index in [2.05, 4.69) is 21.9 Å². The molecule has 29 heavy (non-hydrogen) atoms. The van der Waals surface area contributed by atoms with Crippen molar-refractivity contribution in [2.24, 2.45) is 5.73 Å². The van der Waals surface area contributed by atoms with Crippen molar-refractivity contribution in [2.45, 2.75) is 13.3 Å². The number of ether oxygens (including phenoxy) is 2. The lowest BCUT2D eigenvalue weighted by Crippen LogP contribution is -2.10. The number of aromatic nitrogens is 4. The van der Waals surface area contributed by atoms with Crippen LogP contribution in [0.5, 0.6) is 17.2 Å². The van der Waals surface area contributed by atoms with Crippen molar-refractivity contribution in [1.82, 2.24) is 19.9 Å². The Labute approximate surface area is 168 Å². The number of rotatable bonds is 7. The van der Waals surface area contributed by atoms with Crippen LogP contribution < -0.4 is 15.2 Å². The third-order valence-corrected chi connectivity index (χ3v) is 4.34. The van der Waals surface area contributed by atoms with Crippen LogP contribution in [0, 0.1) is 0 Å². The van der Waals surface area contributed by atoms with Gasteiger partial charge in [0.25, 0.3) is 0 Å². The zero-order valence-electron chi connectivity index (χ0n) is 16.1. The first-order chi connectivity index (χ1) is 14.3. The lowest BCUT2D eigenvalue weighted by Gasteiger charge is -2.13. The number of nitrogens with two attached hydrogens (primary N) is 1. The van der Waals surface area contributed by atoms with E-state index < -0.39 is 0 Å². The van der Waals surface area contributed by atoms with Gasteiger partial charge in [-0.15, -0.1) is 0 Å². The first kappa shape index (κ1) is 18.8. The number of nitrogens with zero attached hydrogens (tertiary/aromatic N) is 4. The topological polar surface area (TPSA) is 96.0 Å². The fourth-order valence-electron chi connectivity index (χ4n) is 2.92. The molecule has 0 fully saturated rings. The molecule has 0 saturated carbocycles. The summed E-state index contributed by atoms with van der Waals surface area (Å²) in [6.45, 7) is 2.95. The van der Waals surface area contributed by atoms with Crippen molar-refractivity contribution in [1.29, 1.82) is 0 Å². The molecule has 1 aromatic carbocycles. The summed E-state index contributed by atoms with van der Waals surface area (Å²) in [5.74, 6) is 2.46. The van der Waals surface area contributed by atoms with Crippen LogP contribution in [0.2, 0.25) is 0 Å². The molecule has 0 bridgehead atoms. The predicted molar refractivity (Wildman–Crippen MR) is 111 cm³/mol. The van der Waals surface area contributed by atoms with Gasteiger partial charge >= 0.3 is 0 Å². The molecule has 0 aliphatic heterocycles. The summed E-state index contributed by atoms with van der Waals surface area (Å²) in [5, 5.41) is 0.835. The minimum atomic E-state index is 0.444. The molecular weight excluding hydrogens is 366 g/mol. The number of aryl methyl sites for hydroxylation is 1. The third kappa shape index (κ3) is 4.14. The largest absolute Gasteiger partial charge is 0.492 e. The van der Waals surface area contributed by atoms with Crippen molar-refractivity contribution in [3.63, 3.8) is 0 Å². The molecule has 4 rings (SSSR count). The molecule has 0 aliphatic carbocycles. The van der Waals surface area contributed by atoms with Gasteiger partial charge in [0.1, 0.15) is 18.1 Å². The molecule has 3 aromatic heterocycles. The number of hydrogen-bond acceptors (Lipinski definition) is 7. The molecule has 0 saturated heterocycles. The quantitative estimate of drug-likeness (QED) is 0.515. The highest BCUT2D eigenvalue weighted by Gasteiger charge is 2.14. The van der Waals surface area contributed by atoms with Crippen LogP contribution in [-0.4, -0.2) is 33.1 Å². The van der Waals surface area contributed by atoms with E-state index >= 15 is 0 Å².